The van der Waals surface area contributed by atoms with E-state index in [0.29, 0.717) is 0 Å². The van der Waals surface area contributed by atoms with Gasteiger partial charge in [-0.1, -0.05) is 84.9 Å². The largest absolute Gasteiger partial charge is 0.255 e. The van der Waals surface area contributed by atoms with Gasteiger partial charge < -0.3 is 0 Å². The molecule has 0 aliphatic rings. The highest BCUT2D eigenvalue weighted by atomic mass is 14.8. The fraction of sp³-hybridized carbons (Fsp3) is 0. The number of nitrogens with zero attached hydrogens (tertiary/aromatic N) is 4. The molecule has 0 N–H and O–H groups in total. The van der Waals surface area contributed by atoms with Gasteiger partial charge in [-0.15, -0.1) is 0 Å². The van der Waals surface area contributed by atoms with E-state index >= 15 is 0 Å². The number of hydrogen-bond acceptors (Lipinski definition) is 4. The van der Waals surface area contributed by atoms with Crippen LogP contribution in [-0.4, -0.2) is 19.9 Å². The maximum atomic E-state index is 5.10. The van der Waals surface area contributed by atoms with Crippen LogP contribution in [0.3, 0.4) is 0 Å². The van der Waals surface area contributed by atoms with Gasteiger partial charge in [0.1, 0.15) is 0 Å². The average molecular weight is 539 g/mol. The number of benzene rings is 3. The molecule has 4 heteroatoms. The van der Waals surface area contributed by atoms with E-state index in [1.54, 1.807) is 12.4 Å². The van der Waals surface area contributed by atoms with Crippen LogP contribution in [0.5, 0.6) is 0 Å². The SMILES string of the molecule is c1ccc(-c2cc(-c3cccc(-c4ccccn4)n3)c(-c3ccccc3)cc2-c2cccc(-c3ccccn3)n2)cc1. The lowest BCUT2D eigenvalue weighted by Gasteiger charge is -2.18. The summed E-state index contributed by atoms with van der Waals surface area (Å²) < 4.78 is 0. The van der Waals surface area contributed by atoms with Crippen LogP contribution < -0.4 is 0 Å². The minimum Gasteiger partial charge on any atom is -0.255 e. The van der Waals surface area contributed by atoms with E-state index in [2.05, 4.69) is 94.9 Å². The summed E-state index contributed by atoms with van der Waals surface area (Å²) in [5.74, 6) is 0. The third-order valence-corrected chi connectivity index (χ3v) is 7.23. The molecule has 198 valence electrons. The number of aromatic nitrogens is 4. The zero-order chi connectivity index (χ0) is 28.1. The van der Waals surface area contributed by atoms with Crippen LogP contribution >= 0.6 is 0 Å². The second-order valence-corrected chi connectivity index (χ2v) is 9.92. The van der Waals surface area contributed by atoms with Crippen LogP contribution in [0.1, 0.15) is 0 Å². The van der Waals surface area contributed by atoms with Crippen molar-refractivity contribution >= 4 is 0 Å². The molecule has 0 atom stereocenters. The second-order valence-electron chi connectivity index (χ2n) is 9.92. The van der Waals surface area contributed by atoms with Gasteiger partial charge in [-0.25, -0.2) is 9.97 Å². The Labute approximate surface area is 245 Å². The van der Waals surface area contributed by atoms with Crippen molar-refractivity contribution in [1.29, 1.82) is 0 Å². The minimum absolute atomic E-state index is 0.835. The molecule has 0 fully saturated rings. The molecule has 0 saturated carbocycles. The molecule has 7 rings (SSSR count). The second kappa shape index (κ2) is 11.4. The van der Waals surface area contributed by atoms with E-state index in [1.807, 2.05) is 60.7 Å². The lowest BCUT2D eigenvalue weighted by molar-refractivity contribution is 1.24. The van der Waals surface area contributed by atoms with Gasteiger partial charge in [0.15, 0.2) is 0 Å². The fourth-order valence-corrected chi connectivity index (χ4v) is 5.22. The maximum absolute atomic E-state index is 5.10. The van der Waals surface area contributed by atoms with Gasteiger partial charge in [-0.2, -0.15) is 0 Å². The minimum atomic E-state index is 0.835. The van der Waals surface area contributed by atoms with Gasteiger partial charge in [0, 0.05) is 23.5 Å². The Morgan fingerprint density at radius 3 is 1.07 bits per heavy atom. The predicted molar refractivity (Wildman–Crippen MR) is 170 cm³/mol. The van der Waals surface area contributed by atoms with Crippen molar-refractivity contribution in [2.75, 3.05) is 0 Å². The van der Waals surface area contributed by atoms with Gasteiger partial charge in [0.25, 0.3) is 0 Å². The normalized spacial score (nSPS) is 10.9. The lowest BCUT2D eigenvalue weighted by Crippen LogP contribution is -1.97. The number of rotatable bonds is 6. The first kappa shape index (κ1) is 25.2. The van der Waals surface area contributed by atoms with Gasteiger partial charge in [0.05, 0.1) is 34.2 Å². The van der Waals surface area contributed by atoms with Crippen molar-refractivity contribution in [3.63, 3.8) is 0 Å². The monoisotopic (exact) mass is 538 g/mol. The molecule has 42 heavy (non-hydrogen) atoms. The summed E-state index contributed by atoms with van der Waals surface area (Å²) in [5.41, 5.74) is 11.6. The van der Waals surface area contributed by atoms with Crippen molar-refractivity contribution in [2.24, 2.45) is 0 Å². The zero-order valence-electron chi connectivity index (χ0n) is 22.8. The highest BCUT2D eigenvalue weighted by Gasteiger charge is 2.18. The topological polar surface area (TPSA) is 51.6 Å². The van der Waals surface area contributed by atoms with Gasteiger partial charge in [-0.3, -0.25) is 9.97 Å². The van der Waals surface area contributed by atoms with Crippen molar-refractivity contribution in [3.05, 3.63) is 158 Å². The van der Waals surface area contributed by atoms with E-state index in [-0.39, 0.29) is 0 Å². The summed E-state index contributed by atoms with van der Waals surface area (Å²) in [6, 6.07) is 49.5. The van der Waals surface area contributed by atoms with E-state index in [0.717, 1.165) is 67.5 Å². The van der Waals surface area contributed by atoms with Crippen molar-refractivity contribution in [2.45, 2.75) is 0 Å². The van der Waals surface area contributed by atoms with Crippen LogP contribution in [0.15, 0.2) is 158 Å². The van der Waals surface area contributed by atoms with Crippen molar-refractivity contribution in [3.8, 4) is 67.5 Å². The molecule has 0 aliphatic heterocycles. The molecule has 0 aliphatic carbocycles. The summed E-state index contributed by atoms with van der Waals surface area (Å²) in [7, 11) is 0. The molecular formula is C38H26N4. The first-order valence-electron chi connectivity index (χ1n) is 13.9. The summed E-state index contributed by atoms with van der Waals surface area (Å²) in [6.45, 7) is 0. The summed E-state index contributed by atoms with van der Waals surface area (Å²) in [4.78, 5) is 19.3. The quantitative estimate of drug-likeness (QED) is 0.212. The Kier molecular flexibility index (Phi) is 6.85. The van der Waals surface area contributed by atoms with Crippen molar-refractivity contribution < 1.29 is 0 Å². The standard InChI is InChI=1S/C38H26N4/c1-3-13-27(14-4-1)29-25-32(34-20-12-22-38(42-34)36-18-8-10-24-40-36)30(28-15-5-2-6-16-28)26-31(29)33-19-11-21-37(41-33)35-17-7-9-23-39-35/h1-26H. The molecule has 0 spiro atoms. The Hall–Kier alpha value is -5.74. The molecule has 0 radical (unpaired) electrons. The fourth-order valence-electron chi connectivity index (χ4n) is 5.22. The highest BCUT2D eigenvalue weighted by molar-refractivity contribution is 5.94. The highest BCUT2D eigenvalue weighted by Crippen LogP contribution is 2.41. The van der Waals surface area contributed by atoms with Crippen LogP contribution in [0.25, 0.3) is 67.5 Å². The molecule has 4 aromatic heterocycles. The maximum Gasteiger partial charge on any atom is 0.0893 e. The molecule has 0 bridgehead atoms. The molecule has 3 aromatic carbocycles. The van der Waals surface area contributed by atoms with Crippen LogP contribution in [0.2, 0.25) is 0 Å². The predicted octanol–water partition coefficient (Wildman–Crippen LogP) is 9.27. The summed E-state index contributed by atoms with van der Waals surface area (Å²) in [6.07, 6.45) is 3.60. The van der Waals surface area contributed by atoms with E-state index in [9.17, 15) is 0 Å². The summed E-state index contributed by atoms with van der Waals surface area (Å²) >= 11 is 0. The Morgan fingerprint density at radius 1 is 0.286 bits per heavy atom. The van der Waals surface area contributed by atoms with Crippen LogP contribution in [-0.2, 0) is 0 Å². The third kappa shape index (κ3) is 5.09. The van der Waals surface area contributed by atoms with E-state index < -0.39 is 0 Å². The molecule has 0 amide bonds. The molecular weight excluding hydrogens is 512 g/mol. The number of pyridine rings is 4. The average Bonchev–Trinajstić information content (AvgIpc) is 3.09. The molecule has 0 saturated heterocycles. The lowest BCUT2D eigenvalue weighted by atomic mass is 9.88. The van der Waals surface area contributed by atoms with E-state index in [1.165, 1.54) is 0 Å². The smallest absolute Gasteiger partial charge is 0.0893 e. The van der Waals surface area contributed by atoms with Gasteiger partial charge >= 0.3 is 0 Å². The van der Waals surface area contributed by atoms with Crippen LogP contribution in [0.4, 0.5) is 0 Å². The Balaban J connectivity index is 1.48. The van der Waals surface area contributed by atoms with Gasteiger partial charge in [-0.05, 0) is 82.9 Å². The molecule has 4 heterocycles. The Bertz CT molecular complexity index is 1810. The van der Waals surface area contributed by atoms with E-state index in [4.69, 9.17) is 9.97 Å². The molecule has 7 aromatic rings. The first-order valence-corrected chi connectivity index (χ1v) is 13.9. The van der Waals surface area contributed by atoms with Gasteiger partial charge in [0.2, 0.25) is 0 Å². The van der Waals surface area contributed by atoms with Crippen molar-refractivity contribution in [1.82, 2.24) is 19.9 Å². The third-order valence-electron chi connectivity index (χ3n) is 7.23. The Morgan fingerprint density at radius 2 is 0.667 bits per heavy atom. The van der Waals surface area contributed by atoms with Crippen LogP contribution in [0, 0.1) is 0 Å². The zero-order valence-corrected chi connectivity index (χ0v) is 22.8. The first-order chi connectivity index (χ1) is 20.8. The number of hydrogen-bond donors (Lipinski definition) is 0. The molecule has 0 unspecified atom stereocenters. The molecule has 4 nitrogen and oxygen atoms in total. The summed E-state index contributed by atoms with van der Waals surface area (Å²) in [5, 5.41) is 0.